The van der Waals surface area contributed by atoms with Crippen molar-refractivity contribution in [1.29, 1.82) is 0 Å². The molecule has 0 radical (unpaired) electrons. The Morgan fingerprint density at radius 3 is 1.61 bits per heavy atom. The van der Waals surface area contributed by atoms with Crippen LogP contribution in [0, 0.1) is 23.7 Å². The summed E-state index contributed by atoms with van der Waals surface area (Å²) in [5, 5.41) is 0. The van der Waals surface area contributed by atoms with Crippen molar-refractivity contribution in [2.24, 2.45) is 23.7 Å². The standard InChI is InChI=1S/C12H10F4O2/c13-11(14)7-8(12(11,15)16)10-6-4-2-1-3(17-4)5(6)9(7)18-10/h1-10H/t3-,4-,5-,6-,7-,8+,9+,10+/m1/s1. The van der Waals surface area contributed by atoms with Crippen LogP contribution >= 0.6 is 0 Å². The number of halogens is 4. The normalized spacial score (nSPS) is 63.8. The molecule has 18 heavy (non-hydrogen) atoms. The second-order valence-corrected chi connectivity index (χ2v) is 5.97. The van der Waals surface area contributed by atoms with Crippen molar-refractivity contribution < 1.29 is 27.0 Å². The van der Waals surface area contributed by atoms with E-state index in [0.29, 0.717) is 0 Å². The van der Waals surface area contributed by atoms with Gasteiger partial charge in [0.15, 0.2) is 0 Å². The summed E-state index contributed by atoms with van der Waals surface area (Å²) in [6.45, 7) is 0. The van der Waals surface area contributed by atoms with E-state index in [1.165, 1.54) is 0 Å². The van der Waals surface area contributed by atoms with E-state index in [2.05, 4.69) is 0 Å². The summed E-state index contributed by atoms with van der Waals surface area (Å²) in [7, 11) is 0. The molecule has 6 heteroatoms. The van der Waals surface area contributed by atoms with E-state index < -0.39 is 35.9 Å². The molecular weight excluding hydrogens is 252 g/mol. The molecule has 0 aromatic carbocycles. The number of alkyl halides is 4. The number of rotatable bonds is 0. The van der Waals surface area contributed by atoms with E-state index in [1.54, 1.807) is 0 Å². The van der Waals surface area contributed by atoms with Crippen LogP contribution in [0.1, 0.15) is 0 Å². The van der Waals surface area contributed by atoms with Gasteiger partial charge in [0.2, 0.25) is 0 Å². The van der Waals surface area contributed by atoms with Gasteiger partial charge in [0.25, 0.3) is 0 Å². The quantitative estimate of drug-likeness (QED) is 0.490. The van der Waals surface area contributed by atoms with Crippen LogP contribution in [0.25, 0.3) is 0 Å². The van der Waals surface area contributed by atoms with Gasteiger partial charge in [-0.05, 0) is 0 Å². The van der Waals surface area contributed by atoms with E-state index in [1.807, 2.05) is 12.2 Å². The number of hydrogen-bond acceptors (Lipinski definition) is 2. The Kier molecular flexibility index (Phi) is 1.42. The monoisotopic (exact) mass is 262 g/mol. The third-order valence-corrected chi connectivity index (χ3v) is 5.46. The summed E-state index contributed by atoms with van der Waals surface area (Å²) < 4.78 is 65.3. The molecule has 4 heterocycles. The molecule has 5 rings (SSSR count). The summed E-state index contributed by atoms with van der Waals surface area (Å²) in [6, 6.07) is 0. The van der Waals surface area contributed by atoms with Crippen LogP contribution in [0.4, 0.5) is 17.6 Å². The van der Waals surface area contributed by atoms with Crippen molar-refractivity contribution in [3.8, 4) is 0 Å². The molecule has 1 saturated carbocycles. The minimum Gasteiger partial charge on any atom is -0.373 e. The molecular formula is C12H10F4O2. The van der Waals surface area contributed by atoms with Gasteiger partial charge in [-0.25, -0.2) is 0 Å². The van der Waals surface area contributed by atoms with Gasteiger partial charge in [-0.1, -0.05) is 12.2 Å². The highest BCUT2D eigenvalue weighted by molar-refractivity contribution is 5.30. The summed E-state index contributed by atoms with van der Waals surface area (Å²) in [4.78, 5) is 0. The molecule has 5 aliphatic rings. The maximum Gasteiger partial charge on any atom is 0.316 e. The van der Waals surface area contributed by atoms with Crippen molar-refractivity contribution >= 4 is 0 Å². The summed E-state index contributed by atoms with van der Waals surface area (Å²) >= 11 is 0. The molecule has 8 atom stereocenters. The molecule has 0 N–H and O–H groups in total. The Balaban J connectivity index is 1.61. The Morgan fingerprint density at radius 2 is 1.17 bits per heavy atom. The number of hydrogen-bond donors (Lipinski definition) is 0. The Hall–Kier alpha value is -0.620. The molecule has 0 amide bonds. The van der Waals surface area contributed by atoms with Crippen LogP contribution in [0.3, 0.4) is 0 Å². The van der Waals surface area contributed by atoms with E-state index in [4.69, 9.17) is 9.47 Å². The highest BCUT2D eigenvalue weighted by Gasteiger charge is 2.89. The fourth-order valence-corrected chi connectivity index (χ4v) is 4.81. The first-order chi connectivity index (χ1) is 8.44. The van der Waals surface area contributed by atoms with Gasteiger partial charge in [-0.3, -0.25) is 0 Å². The predicted octanol–water partition coefficient (Wildman–Crippen LogP) is 1.85. The molecule has 0 unspecified atom stereocenters. The molecule has 4 bridgehead atoms. The lowest BCUT2D eigenvalue weighted by molar-refractivity contribution is -0.358. The SMILES string of the molecule is FC1(F)[C@@H]2[C@H]3O[C@@H]([C@H]4[C@H]3[C@H]3C=C[C@H]4O3)[C@@H]2C1(F)F. The van der Waals surface area contributed by atoms with Gasteiger partial charge >= 0.3 is 11.8 Å². The van der Waals surface area contributed by atoms with Crippen LogP contribution in [0.5, 0.6) is 0 Å². The first kappa shape index (κ1) is 10.2. The Morgan fingerprint density at radius 1 is 0.722 bits per heavy atom. The van der Waals surface area contributed by atoms with Crippen LogP contribution in [-0.2, 0) is 9.47 Å². The topological polar surface area (TPSA) is 18.5 Å². The Bertz CT molecular complexity index is 437. The number of ether oxygens (including phenoxy) is 2. The summed E-state index contributed by atoms with van der Waals surface area (Å²) in [6.07, 6.45) is 1.72. The van der Waals surface area contributed by atoms with Crippen LogP contribution in [-0.4, -0.2) is 36.3 Å². The van der Waals surface area contributed by atoms with E-state index in [9.17, 15) is 17.6 Å². The molecule has 0 aromatic rings. The second-order valence-electron chi connectivity index (χ2n) is 5.97. The van der Waals surface area contributed by atoms with Crippen molar-refractivity contribution in [3.63, 3.8) is 0 Å². The average molecular weight is 262 g/mol. The minimum absolute atomic E-state index is 0.159. The third kappa shape index (κ3) is 0.744. The van der Waals surface area contributed by atoms with E-state index in [0.717, 1.165) is 0 Å². The van der Waals surface area contributed by atoms with E-state index in [-0.39, 0.29) is 24.0 Å². The molecule has 0 spiro atoms. The van der Waals surface area contributed by atoms with Gasteiger partial charge in [0, 0.05) is 11.8 Å². The van der Waals surface area contributed by atoms with Crippen molar-refractivity contribution in [2.75, 3.05) is 0 Å². The van der Waals surface area contributed by atoms with Crippen molar-refractivity contribution in [1.82, 2.24) is 0 Å². The molecule has 3 saturated heterocycles. The van der Waals surface area contributed by atoms with Crippen LogP contribution < -0.4 is 0 Å². The van der Waals surface area contributed by atoms with Gasteiger partial charge in [0.1, 0.15) is 0 Å². The van der Waals surface area contributed by atoms with Crippen LogP contribution in [0.15, 0.2) is 12.2 Å². The van der Waals surface area contributed by atoms with Gasteiger partial charge < -0.3 is 9.47 Å². The average Bonchev–Trinajstić information content (AvgIpc) is 3.04. The molecule has 4 fully saturated rings. The zero-order chi connectivity index (χ0) is 12.4. The summed E-state index contributed by atoms with van der Waals surface area (Å²) in [5.74, 6) is -10.8. The lowest BCUT2D eigenvalue weighted by Gasteiger charge is -2.53. The first-order valence-electron chi connectivity index (χ1n) is 6.19. The zero-order valence-electron chi connectivity index (χ0n) is 9.10. The van der Waals surface area contributed by atoms with E-state index >= 15 is 0 Å². The number of fused-ring (bicyclic) bond motifs is 12. The third-order valence-electron chi connectivity index (χ3n) is 5.46. The molecule has 0 aromatic heterocycles. The molecule has 4 aliphatic heterocycles. The van der Waals surface area contributed by atoms with Gasteiger partial charge in [-0.2, -0.15) is 17.6 Å². The fourth-order valence-electron chi connectivity index (χ4n) is 4.81. The predicted molar refractivity (Wildman–Crippen MR) is 50.3 cm³/mol. The second kappa shape index (κ2) is 2.50. The fraction of sp³-hybridized carbons (Fsp3) is 0.833. The lowest BCUT2D eigenvalue weighted by Crippen LogP contribution is -2.72. The highest BCUT2D eigenvalue weighted by atomic mass is 19.3. The Labute approximate surface area is 99.9 Å². The van der Waals surface area contributed by atoms with Crippen molar-refractivity contribution in [2.45, 2.75) is 36.3 Å². The lowest BCUT2D eigenvalue weighted by atomic mass is 9.53. The first-order valence-corrected chi connectivity index (χ1v) is 6.19. The maximum atomic E-state index is 13.5. The largest absolute Gasteiger partial charge is 0.373 e. The van der Waals surface area contributed by atoms with Gasteiger partial charge in [0.05, 0.1) is 36.3 Å². The molecule has 98 valence electrons. The highest BCUT2D eigenvalue weighted by Crippen LogP contribution is 2.73. The van der Waals surface area contributed by atoms with Crippen LogP contribution in [0.2, 0.25) is 0 Å². The maximum absolute atomic E-state index is 13.5. The van der Waals surface area contributed by atoms with Gasteiger partial charge in [-0.15, -0.1) is 0 Å². The molecule has 1 aliphatic carbocycles. The smallest absolute Gasteiger partial charge is 0.316 e. The molecule has 2 nitrogen and oxygen atoms in total. The van der Waals surface area contributed by atoms with Crippen molar-refractivity contribution in [3.05, 3.63) is 12.2 Å². The minimum atomic E-state index is -3.92. The zero-order valence-corrected chi connectivity index (χ0v) is 9.10. The summed E-state index contributed by atoms with van der Waals surface area (Å²) in [5.41, 5.74) is 0.